The lowest BCUT2D eigenvalue weighted by Crippen LogP contribution is -2.34. The highest BCUT2D eigenvalue weighted by molar-refractivity contribution is 5.72. The summed E-state index contributed by atoms with van der Waals surface area (Å²) in [5.74, 6) is 0.234. The van der Waals surface area contributed by atoms with Crippen molar-refractivity contribution in [3.63, 3.8) is 0 Å². The zero-order valence-electron chi connectivity index (χ0n) is 8.75. The molecule has 4 heteroatoms. The fraction of sp³-hybridized carbons (Fsp3) is 0.364. The summed E-state index contributed by atoms with van der Waals surface area (Å²) < 4.78 is 18.3. The Morgan fingerprint density at radius 3 is 2.87 bits per heavy atom. The summed E-state index contributed by atoms with van der Waals surface area (Å²) in [5, 5.41) is 0. The maximum atomic E-state index is 12.9. The van der Waals surface area contributed by atoms with E-state index in [2.05, 4.69) is 4.98 Å². The Morgan fingerprint density at radius 2 is 2.20 bits per heavy atom. The number of benzene rings is 1. The minimum Gasteiger partial charge on any atom is -0.441 e. The predicted molar refractivity (Wildman–Crippen MR) is 55.9 cm³/mol. The molecule has 0 atom stereocenters. The molecule has 2 N–H and O–H groups in total. The quantitative estimate of drug-likeness (QED) is 0.823. The molecule has 2 aromatic rings. The molecule has 0 spiro atoms. The van der Waals surface area contributed by atoms with Crippen LogP contribution in [0, 0.1) is 5.82 Å². The molecule has 80 valence electrons. The van der Waals surface area contributed by atoms with E-state index in [1.165, 1.54) is 12.1 Å². The van der Waals surface area contributed by atoms with Crippen molar-refractivity contribution in [1.29, 1.82) is 0 Å². The minimum atomic E-state index is -0.376. The van der Waals surface area contributed by atoms with Gasteiger partial charge in [-0.15, -0.1) is 0 Å². The fourth-order valence-corrected chi connectivity index (χ4v) is 1.41. The zero-order valence-corrected chi connectivity index (χ0v) is 8.75. The standard InChI is InChI=1S/C11H13FN2O/c1-11(2,13)6-10-14-8-5-7(12)3-4-9(8)15-10/h3-5H,6,13H2,1-2H3. The monoisotopic (exact) mass is 208 g/mol. The third-order valence-corrected chi connectivity index (χ3v) is 2.00. The molecule has 1 aromatic heterocycles. The number of hydrogen-bond acceptors (Lipinski definition) is 3. The number of aromatic nitrogens is 1. The molecule has 0 saturated heterocycles. The van der Waals surface area contributed by atoms with Crippen LogP contribution in [-0.4, -0.2) is 10.5 Å². The number of rotatable bonds is 2. The second kappa shape index (κ2) is 3.31. The maximum Gasteiger partial charge on any atom is 0.197 e. The Kier molecular flexibility index (Phi) is 2.23. The Hall–Kier alpha value is -1.42. The topological polar surface area (TPSA) is 52.0 Å². The van der Waals surface area contributed by atoms with Crippen molar-refractivity contribution in [2.24, 2.45) is 5.73 Å². The van der Waals surface area contributed by atoms with E-state index in [0.717, 1.165) is 0 Å². The van der Waals surface area contributed by atoms with Gasteiger partial charge in [-0.3, -0.25) is 0 Å². The van der Waals surface area contributed by atoms with Gasteiger partial charge in [-0.25, -0.2) is 9.37 Å². The molecule has 0 aliphatic heterocycles. The highest BCUT2D eigenvalue weighted by atomic mass is 19.1. The van der Waals surface area contributed by atoms with E-state index in [1.807, 2.05) is 13.8 Å². The molecule has 3 nitrogen and oxygen atoms in total. The van der Waals surface area contributed by atoms with Gasteiger partial charge in [0.15, 0.2) is 11.5 Å². The number of oxazole rings is 1. The van der Waals surface area contributed by atoms with Crippen molar-refractivity contribution in [3.8, 4) is 0 Å². The zero-order chi connectivity index (χ0) is 11.1. The van der Waals surface area contributed by atoms with E-state index in [0.29, 0.717) is 23.4 Å². The minimum absolute atomic E-state index is 0.311. The molecule has 1 heterocycles. The number of nitrogens with two attached hydrogens (primary N) is 1. The molecular weight excluding hydrogens is 195 g/mol. The van der Waals surface area contributed by atoms with Crippen molar-refractivity contribution in [3.05, 3.63) is 29.9 Å². The van der Waals surface area contributed by atoms with Gasteiger partial charge in [0, 0.05) is 18.0 Å². The Labute approximate surface area is 87.1 Å². The van der Waals surface area contributed by atoms with Crippen LogP contribution in [0.3, 0.4) is 0 Å². The summed E-state index contributed by atoms with van der Waals surface area (Å²) in [4.78, 5) is 4.17. The summed E-state index contributed by atoms with van der Waals surface area (Å²) in [5.41, 5.74) is 6.60. The van der Waals surface area contributed by atoms with Crippen molar-refractivity contribution in [2.75, 3.05) is 0 Å². The molecule has 15 heavy (non-hydrogen) atoms. The highest BCUT2D eigenvalue weighted by Gasteiger charge is 2.16. The average Bonchev–Trinajstić information content (AvgIpc) is 2.42. The lowest BCUT2D eigenvalue weighted by molar-refractivity contribution is 0.433. The predicted octanol–water partition coefficient (Wildman–Crippen LogP) is 2.25. The SMILES string of the molecule is CC(C)(N)Cc1nc2cc(F)ccc2o1. The van der Waals surface area contributed by atoms with Gasteiger partial charge >= 0.3 is 0 Å². The van der Waals surface area contributed by atoms with E-state index in [4.69, 9.17) is 10.2 Å². The first-order valence-electron chi connectivity index (χ1n) is 4.78. The Bertz CT molecular complexity index is 485. The van der Waals surface area contributed by atoms with Crippen LogP contribution in [0.5, 0.6) is 0 Å². The van der Waals surface area contributed by atoms with Crippen molar-refractivity contribution < 1.29 is 8.81 Å². The lowest BCUT2D eigenvalue weighted by Gasteiger charge is -2.14. The first-order chi connectivity index (χ1) is 6.94. The summed E-state index contributed by atoms with van der Waals surface area (Å²) in [6.07, 6.45) is 0.531. The molecule has 0 saturated carbocycles. The van der Waals surface area contributed by atoms with Gasteiger partial charge in [-0.1, -0.05) is 0 Å². The van der Waals surface area contributed by atoms with Gasteiger partial charge in [0.25, 0.3) is 0 Å². The maximum absolute atomic E-state index is 12.9. The largest absolute Gasteiger partial charge is 0.441 e. The molecule has 0 unspecified atom stereocenters. The smallest absolute Gasteiger partial charge is 0.197 e. The van der Waals surface area contributed by atoms with Crippen LogP contribution in [0.4, 0.5) is 4.39 Å². The summed E-state index contributed by atoms with van der Waals surface area (Å²) >= 11 is 0. The summed E-state index contributed by atoms with van der Waals surface area (Å²) in [7, 11) is 0. The third-order valence-electron chi connectivity index (χ3n) is 2.00. The van der Waals surface area contributed by atoms with Crippen LogP contribution in [-0.2, 0) is 6.42 Å². The molecule has 0 fully saturated rings. The molecule has 1 aromatic carbocycles. The molecule has 2 rings (SSSR count). The van der Waals surface area contributed by atoms with Gasteiger partial charge in [0.1, 0.15) is 11.3 Å². The van der Waals surface area contributed by atoms with Gasteiger partial charge in [-0.2, -0.15) is 0 Å². The summed E-state index contributed by atoms with van der Waals surface area (Å²) in [6, 6.07) is 4.28. The molecule has 0 aliphatic carbocycles. The Morgan fingerprint density at radius 1 is 1.47 bits per heavy atom. The van der Waals surface area contributed by atoms with E-state index in [-0.39, 0.29) is 11.4 Å². The second-order valence-corrected chi connectivity index (χ2v) is 4.39. The van der Waals surface area contributed by atoms with Crippen LogP contribution in [0.2, 0.25) is 0 Å². The first-order valence-corrected chi connectivity index (χ1v) is 4.78. The van der Waals surface area contributed by atoms with Crippen LogP contribution in [0.1, 0.15) is 19.7 Å². The van der Waals surface area contributed by atoms with Gasteiger partial charge < -0.3 is 10.2 Å². The molecule has 0 amide bonds. The van der Waals surface area contributed by atoms with Crippen molar-refractivity contribution >= 4 is 11.1 Å². The number of nitrogens with zero attached hydrogens (tertiary/aromatic N) is 1. The van der Waals surface area contributed by atoms with Crippen molar-refractivity contribution in [2.45, 2.75) is 25.8 Å². The van der Waals surface area contributed by atoms with Gasteiger partial charge in [-0.05, 0) is 26.0 Å². The van der Waals surface area contributed by atoms with E-state index < -0.39 is 0 Å². The van der Waals surface area contributed by atoms with Crippen LogP contribution >= 0.6 is 0 Å². The van der Waals surface area contributed by atoms with Gasteiger partial charge in [0.05, 0.1) is 0 Å². The fourth-order valence-electron chi connectivity index (χ4n) is 1.41. The van der Waals surface area contributed by atoms with E-state index >= 15 is 0 Å². The number of fused-ring (bicyclic) bond motifs is 1. The summed E-state index contributed by atoms with van der Waals surface area (Å²) in [6.45, 7) is 3.78. The average molecular weight is 208 g/mol. The first kappa shape index (κ1) is 10.1. The van der Waals surface area contributed by atoms with Crippen molar-refractivity contribution in [1.82, 2.24) is 4.98 Å². The Balaban J connectivity index is 2.39. The van der Waals surface area contributed by atoms with E-state index in [1.54, 1.807) is 6.07 Å². The molecule has 0 radical (unpaired) electrons. The number of hydrogen-bond donors (Lipinski definition) is 1. The lowest BCUT2D eigenvalue weighted by atomic mass is 10.0. The van der Waals surface area contributed by atoms with Crippen LogP contribution in [0.15, 0.2) is 22.6 Å². The van der Waals surface area contributed by atoms with E-state index in [9.17, 15) is 4.39 Å². The second-order valence-electron chi connectivity index (χ2n) is 4.39. The highest BCUT2D eigenvalue weighted by Crippen LogP contribution is 2.18. The normalized spacial score (nSPS) is 12.3. The van der Waals surface area contributed by atoms with Crippen LogP contribution in [0.25, 0.3) is 11.1 Å². The van der Waals surface area contributed by atoms with Crippen LogP contribution < -0.4 is 5.73 Å². The molecule has 0 bridgehead atoms. The molecular formula is C11H13FN2O. The van der Waals surface area contributed by atoms with Gasteiger partial charge in [0.2, 0.25) is 0 Å². The molecule has 0 aliphatic rings. The third kappa shape index (κ3) is 2.33. The number of halogens is 1.